The van der Waals surface area contributed by atoms with Crippen LogP contribution >= 0.6 is 11.5 Å². The summed E-state index contributed by atoms with van der Waals surface area (Å²) in [6, 6.07) is 1.92. The molecule has 4 nitrogen and oxygen atoms in total. The van der Waals surface area contributed by atoms with Gasteiger partial charge in [-0.25, -0.2) is 4.98 Å². The minimum Gasteiger partial charge on any atom is -0.298 e. The van der Waals surface area contributed by atoms with Crippen LogP contribution in [-0.2, 0) is 11.3 Å². The minimum absolute atomic E-state index is 0.0802. The number of aryl methyl sites for hydroxylation is 2. The quantitative estimate of drug-likeness (QED) is 0.734. The highest BCUT2D eigenvalue weighted by atomic mass is 32.1. The molecule has 0 bridgehead atoms. The van der Waals surface area contributed by atoms with E-state index in [2.05, 4.69) is 11.1 Å². The van der Waals surface area contributed by atoms with E-state index >= 15 is 0 Å². The van der Waals surface area contributed by atoms with Crippen molar-refractivity contribution < 1.29 is 4.79 Å². The maximum Gasteiger partial charge on any atom is 0.270 e. The van der Waals surface area contributed by atoms with Gasteiger partial charge in [0.15, 0.2) is 5.78 Å². The van der Waals surface area contributed by atoms with Crippen molar-refractivity contribution in [2.75, 3.05) is 0 Å². The Kier molecular flexibility index (Phi) is 5.29. The number of allylic oxidation sites excluding steroid dienone is 2. The third kappa shape index (κ3) is 3.83. The number of pyridine rings is 1. The van der Waals surface area contributed by atoms with Gasteiger partial charge in [-0.05, 0) is 75.5 Å². The summed E-state index contributed by atoms with van der Waals surface area (Å²) in [5.41, 5.74) is 3.27. The zero-order valence-corrected chi connectivity index (χ0v) is 15.2. The van der Waals surface area contributed by atoms with Crippen molar-refractivity contribution in [3.05, 3.63) is 39.3 Å². The van der Waals surface area contributed by atoms with Crippen LogP contribution in [0.5, 0.6) is 0 Å². The van der Waals surface area contributed by atoms with Crippen molar-refractivity contribution in [3.63, 3.8) is 0 Å². The van der Waals surface area contributed by atoms with Gasteiger partial charge < -0.3 is 0 Å². The average Bonchev–Trinajstić information content (AvgIpc) is 2.84. The van der Waals surface area contributed by atoms with Crippen LogP contribution < -0.4 is 5.56 Å². The average molecular weight is 344 g/mol. The van der Waals surface area contributed by atoms with E-state index in [4.69, 9.17) is 0 Å². The van der Waals surface area contributed by atoms with Crippen molar-refractivity contribution >= 4 is 27.5 Å². The third-order valence-corrected chi connectivity index (χ3v) is 5.59. The highest BCUT2D eigenvalue weighted by Crippen LogP contribution is 2.22. The molecule has 0 fully saturated rings. The molecule has 0 radical (unpaired) electrons. The number of hydrogen-bond acceptors (Lipinski definition) is 4. The summed E-state index contributed by atoms with van der Waals surface area (Å²) in [6.45, 7) is 4.03. The molecule has 128 valence electrons. The number of nitrogens with zero attached hydrogens (tertiary/aromatic N) is 2. The number of fused-ring (bicyclic) bond motifs is 1. The van der Waals surface area contributed by atoms with Crippen LogP contribution in [0, 0.1) is 13.8 Å². The third-order valence-electron chi connectivity index (χ3n) is 4.61. The van der Waals surface area contributed by atoms with Crippen LogP contribution in [0.4, 0.5) is 0 Å². The molecule has 0 atom stereocenters. The van der Waals surface area contributed by atoms with Gasteiger partial charge in [0.05, 0.1) is 11.9 Å². The van der Waals surface area contributed by atoms with Gasteiger partial charge in [0.1, 0.15) is 4.83 Å². The lowest BCUT2D eigenvalue weighted by atomic mass is 9.95. The van der Waals surface area contributed by atoms with Gasteiger partial charge >= 0.3 is 0 Å². The summed E-state index contributed by atoms with van der Waals surface area (Å²) >= 11 is 1.30. The molecule has 2 aromatic heterocycles. The number of rotatable bonds is 6. The van der Waals surface area contributed by atoms with Crippen LogP contribution in [0.2, 0.25) is 0 Å². The first kappa shape index (κ1) is 17.1. The van der Waals surface area contributed by atoms with E-state index in [1.807, 2.05) is 19.9 Å². The Morgan fingerprint density at radius 2 is 2.17 bits per heavy atom. The van der Waals surface area contributed by atoms with E-state index in [1.165, 1.54) is 42.8 Å². The van der Waals surface area contributed by atoms with Gasteiger partial charge in [-0.2, -0.15) is 0 Å². The molecule has 1 aliphatic rings. The molecule has 0 saturated heterocycles. The first-order valence-corrected chi connectivity index (χ1v) is 9.49. The van der Waals surface area contributed by atoms with Gasteiger partial charge in [-0.1, -0.05) is 11.6 Å². The molecule has 24 heavy (non-hydrogen) atoms. The Bertz CT molecular complexity index is 845. The highest BCUT2D eigenvalue weighted by molar-refractivity contribution is 7.13. The molecule has 2 heterocycles. The molecule has 0 N–H and O–H groups in total. The lowest BCUT2D eigenvalue weighted by Crippen LogP contribution is -2.19. The zero-order valence-electron chi connectivity index (χ0n) is 14.4. The number of Topliss-reactive ketones (excluding diaryl/α,β-unsaturated/α-hetero) is 1. The van der Waals surface area contributed by atoms with E-state index in [0.717, 1.165) is 28.9 Å². The van der Waals surface area contributed by atoms with Crippen molar-refractivity contribution in [1.29, 1.82) is 0 Å². The summed E-state index contributed by atoms with van der Waals surface area (Å²) < 4.78 is 1.56. The van der Waals surface area contributed by atoms with E-state index in [9.17, 15) is 9.59 Å². The van der Waals surface area contributed by atoms with Crippen molar-refractivity contribution in [3.8, 4) is 0 Å². The molecule has 1 aliphatic carbocycles. The summed E-state index contributed by atoms with van der Waals surface area (Å²) in [7, 11) is 0. The van der Waals surface area contributed by atoms with Crippen LogP contribution in [0.3, 0.4) is 0 Å². The van der Waals surface area contributed by atoms with Crippen molar-refractivity contribution in [2.24, 2.45) is 0 Å². The zero-order chi connectivity index (χ0) is 17.1. The molecule has 5 heteroatoms. The summed E-state index contributed by atoms with van der Waals surface area (Å²) in [6.07, 6.45) is 9.74. The molecule has 0 aliphatic heterocycles. The summed E-state index contributed by atoms with van der Waals surface area (Å²) in [5, 5.41) is 0.658. The van der Waals surface area contributed by atoms with E-state index in [0.29, 0.717) is 11.8 Å². The van der Waals surface area contributed by atoms with E-state index in [-0.39, 0.29) is 17.9 Å². The highest BCUT2D eigenvalue weighted by Gasteiger charge is 2.14. The smallest absolute Gasteiger partial charge is 0.270 e. The predicted molar refractivity (Wildman–Crippen MR) is 98.8 cm³/mol. The molecule has 0 amide bonds. The Morgan fingerprint density at radius 3 is 2.92 bits per heavy atom. The maximum atomic E-state index is 12.5. The normalized spacial score (nSPS) is 14.8. The molecule has 0 spiro atoms. The molecule has 2 aromatic rings. The number of ketones is 1. The van der Waals surface area contributed by atoms with Crippen LogP contribution in [-0.4, -0.2) is 14.7 Å². The van der Waals surface area contributed by atoms with Gasteiger partial charge in [0.25, 0.3) is 5.56 Å². The first-order valence-electron chi connectivity index (χ1n) is 8.72. The van der Waals surface area contributed by atoms with Crippen LogP contribution in [0.25, 0.3) is 10.2 Å². The fourth-order valence-electron chi connectivity index (χ4n) is 3.39. The lowest BCUT2D eigenvalue weighted by molar-refractivity contribution is -0.119. The Labute approximate surface area is 146 Å². The van der Waals surface area contributed by atoms with Gasteiger partial charge in [-0.3, -0.25) is 13.5 Å². The van der Waals surface area contributed by atoms with Crippen LogP contribution in [0.15, 0.2) is 22.5 Å². The van der Waals surface area contributed by atoms with Gasteiger partial charge in [0, 0.05) is 12.1 Å². The molecular weight excluding hydrogens is 320 g/mol. The largest absolute Gasteiger partial charge is 0.298 e. The fraction of sp³-hybridized carbons (Fsp3) is 0.526. The second kappa shape index (κ2) is 7.43. The van der Waals surface area contributed by atoms with E-state index < -0.39 is 0 Å². The second-order valence-electron chi connectivity index (χ2n) is 6.69. The molecular formula is C19H24N2O2S. The maximum absolute atomic E-state index is 12.5. The van der Waals surface area contributed by atoms with Gasteiger partial charge in [0.2, 0.25) is 0 Å². The standard InChI is InChI=1S/C19H24N2O2S/c1-13-11-14(2)20-18-17(13)19(23)21(24-18)12-16(22)10-6-9-15-7-4-3-5-8-15/h7,11H,3-6,8-10,12H2,1-2H3. The Morgan fingerprint density at radius 1 is 1.33 bits per heavy atom. The van der Waals surface area contributed by atoms with Crippen molar-refractivity contribution in [2.45, 2.75) is 65.3 Å². The SMILES string of the molecule is Cc1cc(C)c2c(=O)n(CC(=O)CCCC3=CCCCC3)sc2n1. The van der Waals surface area contributed by atoms with Crippen molar-refractivity contribution in [1.82, 2.24) is 8.94 Å². The molecule has 0 unspecified atom stereocenters. The van der Waals surface area contributed by atoms with Gasteiger partial charge in [-0.15, -0.1) is 0 Å². The molecule has 0 saturated carbocycles. The molecule has 3 rings (SSSR count). The molecule has 0 aromatic carbocycles. The number of carbonyl (C=O) groups is 1. The minimum atomic E-state index is -0.0802. The predicted octanol–water partition coefficient (Wildman–Crippen LogP) is 4.31. The fourth-order valence-corrected chi connectivity index (χ4v) is 4.50. The number of carbonyl (C=O) groups excluding carboxylic acids is 1. The summed E-state index contributed by atoms with van der Waals surface area (Å²) in [5.74, 6) is 0.134. The first-order chi connectivity index (χ1) is 11.5. The van der Waals surface area contributed by atoms with Crippen LogP contribution in [0.1, 0.15) is 56.2 Å². The van der Waals surface area contributed by atoms with E-state index in [1.54, 1.807) is 3.96 Å². The monoisotopic (exact) mass is 344 g/mol. The second-order valence-corrected chi connectivity index (χ2v) is 7.70. The number of aromatic nitrogens is 2. The Hall–Kier alpha value is -1.75. The topological polar surface area (TPSA) is 52.0 Å². The lowest BCUT2D eigenvalue weighted by Gasteiger charge is -2.11. The number of hydrogen-bond donors (Lipinski definition) is 0. The summed E-state index contributed by atoms with van der Waals surface area (Å²) in [4.78, 5) is 29.9. The Balaban J connectivity index is 1.63.